The molecule has 1 aliphatic rings. The number of halogens is 7. The van der Waals surface area contributed by atoms with Gasteiger partial charge in [0.05, 0.1) is 17.2 Å². The monoisotopic (exact) mass is 970 g/mol. The van der Waals surface area contributed by atoms with Crippen molar-refractivity contribution in [2.75, 3.05) is 18.6 Å². The molecule has 3 aromatic carbocycles. The molecule has 0 spiro atoms. The minimum Gasteiger partial charge on any atom is -0.459 e. The first kappa shape index (κ1) is 53.1. The van der Waals surface area contributed by atoms with E-state index in [0.29, 0.717) is 35.0 Å². The third-order valence-electron chi connectivity index (χ3n) is 10.9. The van der Waals surface area contributed by atoms with Gasteiger partial charge >= 0.3 is 18.3 Å². The van der Waals surface area contributed by atoms with E-state index in [4.69, 9.17) is 10.5 Å². The predicted octanol–water partition coefficient (Wildman–Crippen LogP) is 5.74. The Morgan fingerprint density at radius 2 is 1.45 bits per heavy atom. The molecule has 5 rings (SSSR count). The number of nitrogens with two attached hydrogens (primary N) is 1. The second kappa shape index (κ2) is 23.3. The second-order valence-corrected chi connectivity index (χ2v) is 18.0. The second-order valence-electron chi connectivity index (χ2n) is 16.5. The molecule has 1 unspecified atom stereocenters. The van der Waals surface area contributed by atoms with Gasteiger partial charge in [-0.3, -0.25) is 23.4 Å². The van der Waals surface area contributed by atoms with Gasteiger partial charge in [-0.2, -0.15) is 26.3 Å². The van der Waals surface area contributed by atoms with Crippen LogP contribution in [0.2, 0.25) is 0 Å². The molecule has 6 N–H and O–H groups in total. The number of likely N-dealkylation sites (tertiary alicyclic amines) is 1. The zero-order chi connectivity index (χ0) is 47.6. The highest BCUT2D eigenvalue weighted by atomic mass is 35.5. The summed E-state index contributed by atoms with van der Waals surface area (Å²) in [5.74, 6) is -4.13. The summed E-state index contributed by atoms with van der Waals surface area (Å²) >= 11 is 0. The number of benzene rings is 3. The van der Waals surface area contributed by atoms with Crippen molar-refractivity contribution < 1.29 is 59.3 Å². The van der Waals surface area contributed by atoms with Crippen LogP contribution < -0.4 is 21.7 Å². The summed E-state index contributed by atoms with van der Waals surface area (Å²) in [6, 6.07) is 10.7. The number of aromatic amines is 1. The van der Waals surface area contributed by atoms with Crippen molar-refractivity contribution in [3.63, 3.8) is 0 Å². The molecule has 1 aliphatic heterocycles. The topological polar surface area (TPSA) is 193 Å². The van der Waals surface area contributed by atoms with Crippen LogP contribution in [-0.2, 0) is 71.3 Å². The summed E-state index contributed by atoms with van der Waals surface area (Å²) < 4.78 is 98.9. The molecule has 1 saturated heterocycles. The van der Waals surface area contributed by atoms with E-state index in [1.807, 2.05) is 6.07 Å². The van der Waals surface area contributed by atoms with Crippen LogP contribution in [0.3, 0.4) is 0 Å². The van der Waals surface area contributed by atoms with Gasteiger partial charge in [0.1, 0.15) is 30.8 Å². The fraction of sp³-hybridized carbons (Fsp3) is 0.444. The summed E-state index contributed by atoms with van der Waals surface area (Å²) in [5, 5.41) is 8.63. The van der Waals surface area contributed by atoms with Crippen LogP contribution in [0.25, 0.3) is 10.9 Å². The normalized spacial score (nSPS) is 16.4. The number of fused-ring (bicyclic) bond motifs is 1. The molecule has 4 amide bonds. The summed E-state index contributed by atoms with van der Waals surface area (Å²) in [5.41, 5.74) is 4.38. The van der Waals surface area contributed by atoms with Crippen molar-refractivity contribution in [1.29, 1.82) is 0 Å². The van der Waals surface area contributed by atoms with Crippen molar-refractivity contribution in [2.24, 2.45) is 11.7 Å². The Morgan fingerprint density at radius 3 is 2.08 bits per heavy atom. The van der Waals surface area contributed by atoms with Crippen LogP contribution in [0.15, 0.2) is 79.0 Å². The van der Waals surface area contributed by atoms with Gasteiger partial charge < -0.3 is 36.3 Å². The zero-order valence-corrected chi connectivity index (χ0v) is 37.9. The number of nitrogens with zero attached hydrogens (tertiary/aromatic N) is 1. The average molecular weight is 971 g/mol. The molecule has 0 bridgehead atoms. The van der Waals surface area contributed by atoms with Crippen LogP contribution >= 0.6 is 12.4 Å². The zero-order valence-electron chi connectivity index (χ0n) is 36.3. The maximum Gasteiger partial charge on any atom is 0.416 e. The van der Waals surface area contributed by atoms with E-state index in [0.717, 1.165) is 5.56 Å². The molecule has 360 valence electrons. The SMILES string of the molecule is CC(C)C[C@H](NC(=O)[C@@H]1CCCN1C(=O)[C@H](CCS(C)=O)NC(=O)[C@@H](N)Cc1ccccc1)C(=O)N[C@@H](Cc1c[nH]c2ccccc12)C(=O)OCc1cc(C(F)(F)F)cc(C(F)(F)F)c1.Cl. The maximum absolute atomic E-state index is 14.1. The smallest absolute Gasteiger partial charge is 0.416 e. The Labute approximate surface area is 386 Å². The molecule has 21 heteroatoms. The Morgan fingerprint density at radius 1 is 0.833 bits per heavy atom. The van der Waals surface area contributed by atoms with Gasteiger partial charge in [-0.15, -0.1) is 12.4 Å². The quantitative estimate of drug-likeness (QED) is 0.0580. The molecule has 0 radical (unpaired) electrons. The largest absolute Gasteiger partial charge is 0.459 e. The first-order valence-corrected chi connectivity index (χ1v) is 22.6. The Bertz CT molecular complexity index is 2320. The van der Waals surface area contributed by atoms with E-state index in [1.165, 1.54) is 11.2 Å². The number of rotatable bonds is 19. The van der Waals surface area contributed by atoms with Crippen LogP contribution in [0.4, 0.5) is 26.3 Å². The van der Waals surface area contributed by atoms with E-state index in [1.54, 1.807) is 68.6 Å². The molecule has 66 heavy (non-hydrogen) atoms. The number of esters is 1. The molecule has 1 aromatic heterocycles. The number of nitrogens with one attached hydrogen (secondary N) is 4. The summed E-state index contributed by atoms with van der Waals surface area (Å²) in [6.45, 7) is 2.67. The lowest BCUT2D eigenvalue weighted by molar-refractivity contribution is -0.149. The number of ether oxygens (including phenoxy) is 1. The fourth-order valence-electron chi connectivity index (χ4n) is 7.60. The number of H-pyrrole nitrogens is 1. The van der Waals surface area contributed by atoms with Crippen molar-refractivity contribution in [3.05, 3.63) is 107 Å². The summed E-state index contributed by atoms with van der Waals surface area (Å²) in [7, 11) is -1.34. The lowest BCUT2D eigenvalue weighted by Gasteiger charge is -2.31. The highest BCUT2D eigenvalue weighted by molar-refractivity contribution is 7.84. The fourth-order valence-corrected chi connectivity index (χ4v) is 8.17. The van der Waals surface area contributed by atoms with E-state index in [-0.39, 0.29) is 68.8 Å². The minimum atomic E-state index is -5.14. The van der Waals surface area contributed by atoms with Gasteiger partial charge in [-0.25, -0.2) is 4.79 Å². The lowest BCUT2D eigenvalue weighted by atomic mass is 10.0. The molecule has 2 heterocycles. The first-order valence-electron chi connectivity index (χ1n) is 20.9. The van der Waals surface area contributed by atoms with Gasteiger partial charge in [0.15, 0.2) is 0 Å². The summed E-state index contributed by atoms with van der Waals surface area (Å²) in [6.07, 6.45) is -6.70. The van der Waals surface area contributed by atoms with Crippen LogP contribution in [0.5, 0.6) is 0 Å². The van der Waals surface area contributed by atoms with E-state index in [2.05, 4.69) is 20.9 Å². The Hall–Kier alpha value is -5.47. The number of carbonyl (C=O) groups excluding carboxylic acids is 5. The van der Waals surface area contributed by atoms with Crippen molar-refractivity contribution >= 4 is 63.7 Å². The lowest BCUT2D eigenvalue weighted by Crippen LogP contribution is -2.58. The molecule has 13 nitrogen and oxygen atoms in total. The third kappa shape index (κ3) is 14.8. The molecule has 6 atom stereocenters. The number of hydrogen-bond acceptors (Lipinski definition) is 8. The standard InChI is InChI=1S/C45H52F6N6O7S.ClH/c1-26(2)18-36(55-41(60)38-14-9-16-57(38)42(61)35(15-17-65(3)63)54-39(58)33(52)21-27-10-5-4-6-11-27)40(59)56-37(22-29-24-53-34-13-8-7-12-32(29)34)43(62)64-25-28-19-30(44(46,47)48)23-31(20-28)45(49,50)51;/h4-8,10-13,19-20,23-24,26,33,35-38,53H,9,14-18,21-22,25,52H2,1-3H3,(H,54,58)(H,55,60)(H,56,59);1H/t33-,35-,36-,37-,38-,65?;/m0./s1. The van der Waals surface area contributed by atoms with Crippen molar-refractivity contribution in [2.45, 2.75) is 102 Å². The number of para-hydroxylation sites is 1. The van der Waals surface area contributed by atoms with Gasteiger partial charge in [-0.05, 0) is 79.0 Å². The van der Waals surface area contributed by atoms with Crippen LogP contribution in [0.1, 0.15) is 67.3 Å². The van der Waals surface area contributed by atoms with Crippen molar-refractivity contribution in [3.8, 4) is 0 Å². The molecule has 1 fully saturated rings. The number of alkyl halides is 6. The van der Waals surface area contributed by atoms with Crippen LogP contribution in [0, 0.1) is 5.92 Å². The molecular weight excluding hydrogens is 918 g/mol. The van der Waals surface area contributed by atoms with E-state index < -0.39 is 106 Å². The van der Waals surface area contributed by atoms with E-state index in [9.17, 15) is 54.5 Å². The Kier molecular flexibility index (Phi) is 18.8. The van der Waals surface area contributed by atoms with Gasteiger partial charge in [-0.1, -0.05) is 62.4 Å². The molecule has 0 aliphatic carbocycles. The highest BCUT2D eigenvalue weighted by Crippen LogP contribution is 2.36. The third-order valence-corrected chi connectivity index (χ3v) is 11.7. The first-order chi connectivity index (χ1) is 30.6. The minimum absolute atomic E-state index is 0. The molecule has 0 saturated carbocycles. The summed E-state index contributed by atoms with van der Waals surface area (Å²) in [4.78, 5) is 73.6. The average Bonchev–Trinajstić information content (AvgIpc) is 3.91. The number of carbonyl (C=O) groups is 5. The van der Waals surface area contributed by atoms with Gasteiger partial charge in [0.25, 0.3) is 0 Å². The highest BCUT2D eigenvalue weighted by Gasteiger charge is 2.41. The Balaban J connectivity index is 0.00000952. The number of aromatic nitrogens is 1. The van der Waals surface area contributed by atoms with E-state index >= 15 is 0 Å². The number of hydrogen-bond donors (Lipinski definition) is 5. The van der Waals surface area contributed by atoms with Crippen molar-refractivity contribution in [1.82, 2.24) is 25.8 Å². The van der Waals surface area contributed by atoms with Gasteiger partial charge in [0, 0.05) is 52.9 Å². The molecular formula is C45H53ClF6N6O7S. The van der Waals surface area contributed by atoms with Gasteiger partial charge in [0.2, 0.25) is 23.6 Å². The van der Waals surface area contributed by atoms with Crippen LogP contribution in [-0.4, -0.2) is 92.5 Å². The number of amides is 4. The predicted molar refractivity (Wildman–Crippen MR) is 237 cm³/mol. The molecule has 4 aromatic rings. The maximum atomic E-state index is 14.1.